The highest BCUT2D eigenvalue weighted by atomic mass is 32.1. The zero-order valence-corrected chi connectivity index (χ0v) is 7.81. The molecule has 0 aromatic carbocycles. The molecule has 0 aliphatic heterocycles. The Morgan fingerprint density at radius 2 is 2.50 bits per heavy atom. The van der Waals surface area contributed by atoms with E-state index in [2.05, 4.69) is 15.3 Å². The van der Waals surface area contributed by atoms with Crippen molar-refractivity contribution in [3.05, 3.63) is 28.5 Å². The molecule has 0 aliphatic carbocycles. The van der Waals surface area contributed by atoms with Gasteiger partial charge in [0.1, 0.15) is 5.01 Å². The Morgan fingerprint density at radius 1 is 1.64 bits per heavy atom. The fourth-order valence-electron chi connectivity index (χ4n) is 0.943. The fourth-order valence-corrected chi connectivity index (χ4v) is 1.55. The van der Waals surface area contributed by atoms with Crippen LogP contribution in [0.25, 0.3) is 0 Å². The SMILES string of the molecule is O=C(O)c1cn(Cc2nccs2)nn1. The summed E-state index contributed by atoms with van der Waals surface area (Å²) >= 11 is 1.49. The van der Waals surface area contributed by atoms with E-state index >= 15 is 0 Å². The Kier molecular flexibility index (Phi) is 2.23. The number of rotatable bonds is 3. The van der Waals surface area contributed by atoms with Gasteiger partial charge in [-0.3, -0.25) is 0 Å². The smallest absolute Gasteiger partial charge is 0.358 e. The van der Waals surface area contributed by atoms with Crippen LogP contribution in [0.1, 0.15) is 15.5 Å². The lowest BCUT2D eigenvalue weighted by atomic mass is 10.5. The Morgan fingerprint density at radius 3 is 3.07 bits per heavy atom. The van der Waals surface area contributed by atoms with Crippen LogP contribution in [0.15, 0.2) is 17.8 Å². The van der Waals surface area contributed by atoms with Crippen molar-refractivity contribution in [2.75, 3.05) is 0 Å². The van der Waals surface area contributed by atoms with Gasteiger partial charge < -0.3 is 5.11 Å². The normalized spacial score (nSPS) is 10.3. The van der Waals surface area contributed by atoms with Gasteiger partial charge in [-0.25, -0.2) is 14.5 Å². The van der Waals surface area contributed by atoms with Gasteiger partial charge in [-0.1, -0.05) is 5.21 Å². The Bertz CT molecular complexity index is 436. The molecule has 0 radical (unpaired) electrons. The number of carbonyl (C=O) groups is 1. The van der Waals surface area contributed by atoms with Crippen molar-refractivity contribution in [1.29, 1.82) is 0 Å². The minimum absolute atomic E-state index is 0.0541. The minimum Gasteiger partial charge on any atom is -0.476 e. The van der Waals surface area contributed by atoms with Gasteiger partial charge in [-0.15, -0.1) is 16.4 Å². The van der Waals surface area contributed by atoms with Crippen molar-refractivity contribution in [3.8, 4) is 0 Å². The van der Waals surface area contributed by atoms with Crippen molar-refractivity contribution in [2.45, 2.75) is 6.54 Å². The second kappa shape index (κ2) is 3.54. The Balaban J connectivity index is 2.14. The topological polar surface area (TPSA) is 80.9 Å². The van der Waals surface area contributed by atoms with Crippen LogP contribution in [-0.2, 0) is 6.54 Å². The number of aromatic nitrogens is 4. The quantitative estimate of drug-likeness (QED) is 0.796. The third-order valence-corrected chi connectivity index (χ3v) is 2.30. The maximum Gasteiger partial charge on any atom is 0.358 e. The summed E-state index contributed by atoms with van der Waals surface area (Å²) in [5, 5.41) is 18.5. The van der Waals surface area contributed by atoms with E-state index in [-0.39, 0.29) is 5.69 Å². The van der Waals surface area contributed by atoms with Crippen LogP contribution >= 0.6 is 11.3 Å². The second-order valence-corrected chi connectivity index (χ2v) is 3.51. The predicted molar refractivity (Wildman–Crippen MR) is 48.2 cm³/mol. The van der Waals surface area contributed by atoms with Crippen LogP contribution in [0.5, 0.6) is 0 Å². The van der Waals surface area contributed by atoms with Gasteiger partial charge in [0.15, 0.2) is 5.69 Å². The van der Waals surface area contributed by atoms with Gasteiger partial charge in [0, 0.05) is 11.6 Å². The maximum atomic E-state index is 10.5. The molecule has 2 aromatic heterocycles. The van der Waals surface area contributed by atoms with Crippen LogP contribution < -0.4 is 0 Å². The summed E-state index contributed by atoms with van der Waals surface area (Å²) in [7, 11) is 0. The molecule has 0 spiro atoms. The summed E-state index contributed by atoms with van der Waals surface area (Å²) in [6.07, 6.45) is 3.07. The number of hydrogen-bond acceptors (Lipinski definition) is 5. The summed E-state index contributed by atoms with van der Waals surface area (Å²) in [6.45, 7) is 0.456. The first-order chi connectivity index (χ1) is 6.75. The third kappa shape index (κ3) is 1.77. The molecule has 0 atom stereocenters. The van der Waals surface area contributed by atoms with E-state index < -0.39 is 5.97 Å². The lowest BCUT2D eigenvalue weighted by Gasteiger charge is -1.93. The lowest BCUT2D eigenvalue weighted by molar-refractivity contribution is 0.0690. The molecule has 0 amide bonds. The average molecular weight is 210 g/mol. The summed E-state index contributed by atoms with van der Waals surface area (Å²) in [6, 6.07) is 0. The Hall–Kier alpha value is -1.76. The monoisotopic (exact) mass is 210 g/mol. The standard InChI is InChI=1S/C7H6N4O2S/c12-7(13)5-3-11(10-9-5)4-6-8-1-2-14-6/h1-3H,4H2,(H,12,13). The second-order valence-electron chi connectivity index (χ2n) is 2.53. The van der Waals surface area contributed by atoms with Gasteiger partial charge in [0.05, 0.1) is 12.7 Å². The van der Waals surface area contributed by atoms with E-state index in [4.69, 9.17) is 5.11 Å². The minimum atomic E-state index is -1.07. The molecular weight excluding hydrogens is 204 g/mol. The highest BCUT2D eigenvalue weighted by Gasteiger charge is 2.08. The van der Waals surface area contributed by atoms with Crippen LogP contribution in [0.3, 0.4) is 0 Å². The van der Waals surface area contributed by atoms with E-state index in [0.29, 0.717) is 6.54 Å². The first kappa shape index (κ1) is 8.82. The molecule has 0 aliphatic rings. The van der Waals surface area contributed by atoms with E-state index in [0.717, 1.165) is 5.01 Å². The van der Waals surface area contributed by atoms with Crippen LogP contribution in [0, 0.1) is 0 Å². The van der Waals surface area contributed by atoms with Crippen molar-refractivity contribution in [2.24, 2.45) is 0 Å². The largest absolute Gasteiger partial charge is 0.476 e. The number of carboxylic acid groups (broad SMARTS) is 1. The summed E-state index contributed by atoms with van der Waals surface area (Å²) < 4.78 is 1.45. The molecule has 14 heavy (non-hydrogen) atoms. The molecule has 0 saturated heterocycles. The predicted octanol–water partition coefficient (Wildman–Crippen LogP) is 0.481. The summed E-state index contributed by atoms with van der Waals surface area (Å²) in [5.41, 5.74) is -0.0541. The van der Waals surface area contributed by atoms with Crippen molar-refractivity contribution in [3.63, 3.8) is 0 Å². The van der Waals surface area contributed by atoms with E-state index in [1.54, 1.807) is 6.20 Å². The molecular formula is C7H6N4O2S. The highest BCUT2D eigenvalue weighted by Crippen LogP contribution is 2.05. The first-order valence-electron chi connectivity index (χ1n) is 3.77. The first-order valence-corrected chi connectivity index (χ1v) is 4.65. The molecule has 6 nitrogen and oxygen atoms in total. The zero-order chi connectivity index (χ0) is 9.97. The summed E-state index contributed by atoms with van der Waals surface area (Å²) in [4.78, 5) is 14.5. The maximum absolute atomic E-state index is 10.5. The van der Waals surface area contributed by atoms with Crippen LogP contribution in [-0.4, -0.2) is 31.1 Å². The number of nitrogens with zero attached hydrogens (tertiary/aromatic N) is 4. The van der Waals surface area contributed by atoms with Crippen molar-refractivity contribution >= 4 is 17.3 Å². The zero-order valence-electron chi connectivity index (χ0n) is 6.99. The molecule has 2 aromatic rings. The van der Waals surface area contributed by atoms with E-state index in [1.165, 1.54) is 22.2 Å². The molecule has 0 unspecified atom stereocenters. The van der Waals surface area contributed by atoms with Gasteiger partial charge in [-0.2, -0.15) is 0 Å². The molecule has 2 heterocycles. The average Bonchev–Trinajstić information content (AvgIpc) is 2.75. The van der Waals surface area contributed by atoms with E-state index in [1.807, 2.05) is 5.38 Å². The highest BCUT2D eigenvalue weighted by molar-refractivity contribution is 7.09. The molecule has 72 valence electrons. The molecule has 0 fully saturated rings. The molecule has 0 saturated carbocycles. The van der Waals surface area contributed by atoms with E-state index in [9.17, 15) is 4.79 Å². The summed E-state index contributed by atoms with van der Waals surface area (Å²) in [5.74, 6) is -1.07. The van der Waals surface area contributed by atoms with Crippen molar-refractivity contribution in [1.82, 2.24) is 20.0 Å². The van der Waals surface area contributed by atoms with Crippen LogP contribution in [0.2, 0.25) is 0 Å². The van der Waals surface area contributed by atoms with Gasteiger partial charge in [0.25, 0.3) is 0 Å². The lowest BCUT2D eigenvalue weighted by Crippen LogP contribution is -1.99. The number of thiazole rings is 1. The number of aromatic carboxylic acids is 1. The van der Waals surface area contributed by atoms with Crippen LogP contribution in [0.4, 0.5) is 0 Å². The van der Waals surface area contributed by atoms with Gasteiger partial charge in [-0.05, 0) is 0 Å². The number of carboxylic acids is 1. The molecule has 2 rings (SSSR count). The van der Waals surface area contributed by atoms with Gasteiger partial charge in [0.2, 0.25) is 0 Å². The molecule has 0 bridgehead atoms. The number of hydrogen-bond donors (Lipinski definition) is 1. The Labute approximate surface area is 82.8 Å². The van der Waals surface area contributed by atoms with Gasteiger partial charge >= 0.3 is 5.97 Å². The molecule has 7 heteroatoms. The van der Waals surface area contributed by atoms with Crippen molar-refractivity contribution < 1.29 is 9.90 Å². The third-order valence-electron chi connectivity index (χ3n) is 1.54. The fraction of sp³-hybridized carbons (Fsp3) is 0.143. The molecule has 1 N–H and O–H groups in total.